The lowest BCUT2D eigenvalue weighted by Gasteiger charge is -2.43. The molecule has 0 aliphatic carbocycles. The third kappa shape index (κ3) is 3.95. The highest BCUT2D eigenvalue weighted by atomic mass is 32.2. The average molecular weight is 515 g/mol. The third-order valence-electron chi connectivity index (χ3n) is 5.53. The smallest absolute Gasteiger partial charge is 0.262 e. The number of carbonyl (C=O) groups is 1. The minimum absolute atomic E-state index is 0.201. The number of rotatable bonds is 5. The molecule has 1 unspecified atom stereocenters. The molecule has 0 bridgehead atoms. The Hall–Kier alpha value is -3.28. The van der Waals surface area contributed by atoms with Crippen molar-refractivity contribution in [2.24, 2.45) is 0 Å². The molecule has 0 spiro atoms. The van der Waals surface area contributed by atoms with E-state index in [2.05, 4.69) is 9.71 Å². The standard InChI is InChI=1S/C23H19FN4O3S3/c1-13-25-17(12-32-13)20-9-10-21(33-20)22-27(2)18-8-7-14(24)11-15(18)23(29)28(22)19-6-4-3-5-16(19)26-34(30)31/h3-12,22,34H,1-2H3,(H,26,30,31). The van der Waals surface area contributed by atoms with Gasteiger partial charge < -0.3 is 4.90 Å². The Balaban J connectivity index is 1.69. The van der Waals surface area contributed by atoms with Crippen molar-refractivity contribution in [3.63, 3.8) is 0 Å². The first kappa shape index (κ1) is 22.5. The number of aromatic nitrogens is 1. The fourth-order valence-electron chi connectivity index (χ4n) is 4.07. The fourth-order valence-corrected chi connectivity index (χ4v) is 6.25. The molecule has 3 heterocycles. The second kappa shape index (κ2) is 8.82. The van der Waals surface area contributed by atoms with Crippen molar-refractivity contribution in [1.29, 1.82) is 0 Å². The van der Waals surface area contributed by atoms with Crippen LogP contribution in [0, 0.1) is 12.7 Å². The molecule has 1 atom stereocenters. The van der Waals surface area contributed by atoms with Gasteiger partial charge in [-0.1, -0.05) is 12.1 Å². The maximum atomic E-state index is 14.1. The molecule has 4 aromatic rings. The molecular weight excluding hydrogens is 495 g/mol. The van der Waals surface area contributed by atoms with Gasteiger partial charge in [-0.15, -0.1) is 22.7 Å². The molecule has 1 amide bonds. The van der Waals surface area contributed by atoms with Gasteiger partial charge >= 0.3 is 0 Å². The number of nitrogens with zero attached hydrogens (tertiary/aromatic N) is 3. The van der Waals surface area contributed by atoms with Gasteiger partial charge in [0.15, 0.2) is 0 Å². The number of thiol groups is 1. The van der Waals surface area contributed by atoms with E-state index in [1.54, 1.807) is 41.7 Å². The summed E-state index contributed by atoms with van der Waals surface area (Å²) in [4.78, 5) is 23.5. The predicted octanol–water partition coefficient (Wildman–Crippen LogP) is 5.05. The van der Waals surface area contributed by atoms with Crippen LogP contribution in [0.4, 0.5) is 21.5 Å². The summed E-state index contributed by atoms with van der Waals surface area (Å²) in [7, 11) is -1.12. The third-order valence-corrected chi connectivity index (χ3v) is 7.87. The molecule has 0 radical (unpaired) electrons. The molecule has 7 nitrogen and oxygen atoms in total. The van der Waals surface area contributed by atoms with Crippen molar-refractivity contribution in [3.05, 3.63) is 81.2 Å². The summed E-state index contributed by atoms with van der Waals surface area (Å²) in [5.74, 6) is -0.947. The van der Waals surface area contributed by atoms with Gasteiger partial charge in [0.05, 0.1) is 38.2 Å². The molecule has 1 N–H and O–H groups in total. The number of hydrogen-bond donors (Lipinski definition) is 2. The van der Waals surface area contributed by atoms with Crippen molar-refractivity contribution in [2.45, 2.75) is 13.1 Å². The van der Waals surface area contributed by atoms with Gasteiger partial charge in [0.25, 0.3) is 5.91 Å². The predicted molar refractivity (Wildman–Crippen MR) is 135 cm³/mol. The number of thiophene rings is 1. The number of thiazole rings is 1. The summed E-state index contributed by atoms with van der Waals surface area (Å²) < 4.78 is 39.4. The van der Waals surface area contributed by atoms with Crippen LogP contribution in [0.1, 0.15) is 26.4 Å². The number of anilines is 3. The van der Waals surface area contributed by atoms with Crippen molar-refractivity contribution in [2.75, 3.05) is 21.6 Å². The lowest BCUT2D eigenvalue weighted by molar-refractivity contribution is 0.0969. The van der Waals surface area contributed by atoms with Crippen LogP contribution >= 0.6 is 22.7 Å². The second-order valence-electron chi connectivity index (χ2n) is 7.66. The molecule has 2 aromatic heterocycles. The van der Waals surface area contributed by atoms with E-state index in [-0.39, 0.29) is 11.3 Å². The Bertz CT molecular complexity index is 1470. The van der Waals surface area contributed by atoms with E-state index in [0.717, 1.165) is 20.5 Å². The van der Waals surface area contributed by atoms with Crippen LogP contribution in [0.25, 0.3) is 10.6 Å². The van der Waals surface area contributed by atoms with E-state index in [4.69, 9.17) is 0 Å². The van der Waals surface area contributed by atoms with Crippen LogP contribution in [0.5, 0.6) is 0 Å². The van der Waals surface area contributed by atoms with Gasteiger partial charge in [0.1, 0.15) is 12.0 Å². The summed E-state index contributed by atoms with van der Waals surface area (Å²) in [6.45, 7) is 1.94. The number of halogens is 1. The number of aryl methyl sites for hydroxylation is 1. The highest BCUT2D eigenvalue weighted by Gasteiger charge is 2.40. The highest BCUT2D eigenvalue weighted by molar-refractivity contribution is 7.73. The summed E-state index contributed by atoms with van der Waals surface area (Å²) in [6.07, 6.45) is -0.587. The Labute approximate surface area is 205 Å². The molecule has 0 saturated carbocycles. The first-order valence-electron chi connectivity index (χ1n) is 10.2. The number of para-hydroxylation sites is 2. The van der Waals surface area contributed by atoms with Gasteiger partial charge in [-0.3, -0.25) is 14.4 Å². The van der Waals surface area contributed by atoms with Crippen LogP contribution < -0.4 is 14.5 Å². The average Bonchev–Trinajstić information content (AvgIpc) is 3.45. The zero-order chi connectivity index (χ0) is 24.0. The minimum Gasteiger partial charge on any atom is -0.349 e. The highest BCUT2D eigenvalue weighted by Crippen LogP contribution is 2.45. The molecule has 1 aliphatic heterocycles. The quantitative estimate of drug-likeness (QED) is 0.364. The van der Waals surface area contributed by atoms with Crippen molar-refractivity contribution >= 4 is 56.5 Å². The number of benzene rings is 2. The first-order valence-corrected chi connectivity index (χ1v) is 13.1. The summed E-state index contributed by atoms with van der Waals surface area (Å²) in [5, 5.41) is 2.94. The van der Waals surface area contributed by atoms with Crippen molar-refractivity contribution in [1.82, 2.24) is 4.98 Å². The number of nitrogens with one attached hydrogen (secondary N) is 1. The zero-order valence-electron chi connectivity index (χ0n) is 18.1. The normalized spacial score (nSPS) is 15.6. The van der Waals surface area contributed by atoms with Crippen LogP contribution in [0.3, 0.4) is 0 Å². The zero-order valence-corrected chi connectivity index (χ0v) is 20.6. The second-order valence-corrected chi connectivity index (χ2v) is 10.6. The summed E-state index contributed by atoms with van der Waals surface area (Å²) >= 11 is 3.06. The van der Waals surface area contributed by atoms with E-state index in [9.17, 15) is 17.6 Å². The van der Waals surface area contributed by atoms with Crippen LogP contribution in [0.15, 0.2) is 60.0 Å². The van der Waals surface area contributed by atoms with E-state index in [1.165, 1.54) is 28.4 Å². The van der Waals surface area contributed by atoms with Gasteiger partial charge in [-0.2, -0.15) is 0 Å². The number of amides is 1. The maximum absolute atomic E-state index is 14.1. The molecule has 34 heavy (non-hydrogen) atoms. The number of hydrogen-bond acceptors (Lipinski definition) is 7. The maximum Gasteiger partial charge on any atom is 0.262 e. The minimum atomic E-state index is -2.96. The SMILES string of the molecule is Cc1nc(-c2ccc(C3N(C)c4ccc(F)cc4C(=O)N3c3ccccc3N[SH](=O)=O)s2)cs1. The lowest BCUT2D eigenvalue weighted by Crippen LogP contribution is -2.48. The molecule has 5 rings (SSSR count). The van der Waals surface area contributed by atoms with E-state index < -0.39 is 28.8 Å². The lowest BCUT2D eigenvalue weighted by atomic mass is 10.0. The largest absolute Gasteiger partial charge is 0.349 e. The molecule has 0 saturated heterocycles. The van der Waals surface area contributed by atoms with Gasteiger partial charge in [0, 0.05) is 17.3 Å². The van der Waals surface area contributed by atoms with Crippen LogP contribution in [-0.4, -0.2) is 26.4 Å². The molecule has 1 aliphatic rings. The van der Waals surface area contributed by atoms with E-state index in [0.29, 0.717) is 11.4 Å². The van der Waals surface area contributed by atoms with Gasteiger partial charge in [-0.05, 0) is 49.4 Å². The van der Waals surface area contributed by atoms with Gasteiger partial charge in [0.2, 0.25) is 10.9 Å². The van der Waals surface area contributed by atoms with Crippen molar-refractivity contribution in [3.8, 4) is 10.6 Å². The Morgan fingerprint density at radius 1 is 1.09 bits per heavy atom. The molecule has 2 aromatic carbocycles. The molecular formula is C23H19FN4O3S3. The number of carbonyl (C=O) groups excluding carboxylic acids is 1. The topological polar surface area (TPSA) is 82.6 Å². The molecule has 11 heteroatoms. The number of fused-ring (bicyclic) bond motifs is 1. The van der Waals surface area contributed by atoms with E-state index in [1.807, 2.05) is 36.4 Å². The van der Waals surface area contributed by atoms with Crippen LogP contribution in [0.2, 0.25) is 0 Å². The Morgan fingerprint density at radius 3 is 2.62 bits per heavy atom. The molecule has 0 fully saturated rings. The van der Waals surface area contributed by atoms with E-state index >= 15 is 0 Å². The Kier molecular flexibility index (Phi) is 5.84. The summed E-state index contributed by atoms with van der Waals surface area (Å²) in [5.41, 5.74) is 2.29. The summed E-state index contributed by atoms with van der Waals surface area (Å²) in [6, 6.07) is 14.7. The van der Waals surface area contributed by atoms with Gasteiger partial charge in [-0.25, -0.2) is 17.8 Å². The first-order chi connectivity index (χ1) is 16.3. The van der Waals surface area contributed by atoms with Crippen molar-refractivity contribution < 1.29 is 17.6 Å². The Morgan fingerprint density at radius 2 is 1.88 bits per heavy atom. The monoisotopic (exact) mass is 514 g/mol. The van der Waals surface area contributed by atoms with Crippen LogP contribution in [-0.2, 0) is 10.9 Å². The molecule has 174 valence electrons. The fraction of sp³-hybridized carbons (Fsp3) is 0.130.